The molecule has 4 heterocycles. The van der Waals surface area contributed by atoms with Gasteiger partial charge in [-0.1, -0.05) is 0 Å². The highest BCUT2D eigenvalue weighted by molar-refractivity contribution is 7.98. The number of rotatable bonds is 4. The van der Waals surface area contributed by atoms with Gasteiger partial charge in [-0.05, 0) is 31.0 Å². The summed E-state index contributed by atoms with van der Waals surface area (Å²) in [5.41, 5.74) is 2.47. The van der Waals surface area contributed by atoms with E-state index in [-0.39, 0.29) is 6.10 Å². The minimum atomic E-state index is -0.772. The van der Waals surface area contributed by atoms with E-state index in [4.69, 9.17) is 4.98 Å². The summed E-state index contributed by atoms with van der Waals surface area (Å²) in [6, 6.07) is 5.72. The first-order valence-corrected chi connectivity index (χ1v) is 8.97. The molecule has 24 heavy (non-hydrogen) atoms. The summed E-state index contributed by atoms with van der Waals surface area (Å²) in [6.07, 6.45) is 2.09. The minimum Gasteiger partial charge on any atom is -0.392 e. The third-order valence-electron chi connectivity index (χ3n) is 4.43. The Morgan fingerprint density at radius 1 is 1.21 bits per heavy atom. The molecule has 6 nitrogen and oxygen atoms in total. The van der Waals surface area contributed by atoms with E-state index in [1.807, 2.05) is 23.1 Å². The van der Waals surface area contributed by atoms with Crippen molar-refractivity contribution in [3.63, 3.8) is 0 Å². The number of alkyl halides is 1. The second-order valence-corrected chi connectivity index (χ2v) is 7.15. The number of aliphatic hydroxyl groups is 1. The highest BCUT2D eigenvalue weighted by Crippen LogP contribution is 2.28. The van der Waals surface area contributed by atoms with Gasteiger partial charge in [-0.25, -0.2) is 13.7 Å². The van der Waals surface area contributed by atoms with Crippen LogP contribution in [0.5, 0.6) is 0 Å². The highest BCUT2D eigenvalue weighted by atomic mass is 32.2. The number of halogens is 1. The molecule has 2 atom stereocenters. The molecule has 2 aliphatic rings. The molecule has 0 amide bonds. The molecular formula is C16H20FN5OS. The van der Waals surface area contributed by atoms with Crippen LogP contribution < -0.4 is 9.62 Å². The standard InChI is InChI=1S/C16H20FN5OS/c17-11-4-7-21(9-11)15-2-1-13-16(19-15)14(3-6-18-13)20-24-22-8-5-12(23)10-22/h1-3,6,11-12,23H,4-5,7-10H2,(H,18,20). The molecule has 2 saturated heterocycles. The Balaban J connectivity index is 1.55. The fraction of sp³-hybridized carbons (Fsp3) is 0.500. The molecule has 2 aromatic rings. The molecular weight excluding hydrogens is 329 g/mol. The third kappa shape index (κ3) is 3.26. The Hall–Kier alpha value is -1.64. The highest BCUT2D eigenvalue weighted by Gasteiger charge is 2.24. The fourth-order valence-electron chi connectivity index (χ4n) is 3.11. The molecule has 0 bridgehead atoms. The molecule has 2 N–H and O–H groups in total. The zero-order valence-electron chi connectivity index (χ0n) is 13.2. The van der Waals surface area contributed by atoms with Crippen LogP contribution in [0.1, 0.15) is 12.8 Å². The predicted molar refractivity (Wildman–Crippen MR) is 94.7 cm³/mol. The van der Waals surface area contributed by atoms with Crippen molar-refractivity contribution in [2.24, 2.45) is 0 Å². The maximum atomic E-state index is 13.5. The van der Waals surface area contributed by atoms with Gasteiger partial charge >= 0.3 is 0 Å². The smallest absolute Gasteiger partial charge is 0.129 e. The van der Waals surface area contributed by atoms with E-state index in [1.54, 1.807) is 6.20 Å². The zero-order chi connectivity index (χ0) is 16.5. The van der Waals surface area contributed by atoms with Crippen LogP contribution in [0, 0.1) is 0 Å². The van der Waals surface area contributed by atoms with E-state index < -0.39 is 6.17 Å². The van der Waals surface area contributed by atoms with Crippen LogP contribution in [-0.2, 0) is 0 Å². The van der Waals surface area contributed by atoms with Crippen molar-refractivity contribution in [2.45, 2.75) is 25.1 Å². The van der Waals surface area contributed by atoms with Crippen molar-refractivity contribution >= 4 is 34.7 Å². The van der Waals surface area contributed by atoms with Crippen molar-refractivity contribution in [1.29, 1.82) is 0 Å². The lowest BCUT2D eigenvalue weighted by Crippen LogP contribution is -2.21. The number of anilines is 2. The maximum Gasteiger partial charge on any atom is 0.129 e. The van der Waals surface area contributed by atoms with Crippen LogP contribution in [-0.4, -0.2) is 57.8 Å². The number of nitrogens with one attached hydrogen (secondary N) is 1. The Labute approximate surface area is 144 Å². The Morgan fingerprint density at radius 3 is 2.88 bits per heavy atom. The lowest BCUT2D eigenvalue weighted by Gasteiger charge is -2.18. The van der Waals surface area contributed by atoms with Gasteiger partial charge in [0.05, 0.1) is 23.9 Å². The largest absolute Gasteiger partial charge is 0.392 e. The molecule has 0 saturated carbocycles. The van der Waals surface area contributed by atoms with E-state index >= 15 is 0 Å². The molecule has 2 aromatic heterocycles. The van der Waals surface area contributed by atoms with Crippen LogP contribution in [0.3, 0.4) is 0 Å². The number of β-amino-alcohol motifs (C(OH)–C–C–N with tert-alkyl or cyclic N) is 1. The topological polar surface area (TPSA) is 64.5 Å². The van der Waals surface area contributed by atoms with Crippen LogP contribution in [0.2, 0.25) is 0 Å². The van der Waals surface area contributed by atoms with Gasteiger partial charge < -0.3 is 14.7 Å². The first-order chi connectivity index (χ1) is 11.7. The Kier molecular flexibility index (Phi) is 4.43. The molecule has 2 fully saturated rings. The van der Waals surface area contributed by atoms with E-state index in [9.17, 15) is 9.50 Å². The number of aliphatic hydroxyl groups excluding tert-OH is 1. The number of hydrogen-bond acceptors (Lipinski definition) is 7. The SMILES string of the molecule is OC1CCN(SNc2ccnc3ccc(N4CCC(F)C4)nc23)C1. The van der Waals surface area contributed by atoms with Gasteiger partial charge in [0, 0.05) is 38.0 Å². The van der Waals surface area contributed by atoms with Crippen LogP contribution in [0.25, 0.3) is 11.0 Å². The second-order valence-electron chi connectivity index (χ2n) is 6.25. The molecule has 0 aliphatic carbocycles. The van der Waals surface area contributed by atoms with Gasteiger partial charge in [0.15, 0.2) is 0 Å². The summed E-state index contributed by atoms with van der Waals surface area (Å²) in [6.45, 7) is 2.61. The van der Waals surface area contributed by atoms with Crippen molar-refractivity contribution in [3.8, 4) is 0 Å². The van der Waals surface area contributed by atoms with Crippen LogP contribution >= 0.6 is 12.1 Å². The predicted octanol–water partition coefficient (Wildman–Crippen LogP) is 2.22. The van der Waals surface area contributed by atoms with Crippen molar-refractivity contribution in [1.82, 2.24) is 14.3 Å². The minimum absolute atomic E-state index is 0.248. The van der Waals surface area contributed by atoms with E-state index in [0.29, 0.717) is 26.1 Å². The lowest BCUT2D eigenvalue weighted by atomic mass is 10.3. The average molecular weight is 349 g/mol. The number of aromatic nitrogens is 2. The molecule has 0 radical (unpaired) electrons. The summed E-state index contributed by atoms with van der Waals surface area (Å²) in [4.78, 5) is 11.0. The van der Waals surface area contributed by atoms with E-state index in [0.717, 1.165) is 35.5 Å². The molecule has 4 rings (SSSR count). The maximum absolute atomic E-state index is 13.5. The Bertz CT molecular complexity index is 733. The van der Waals surface area contributed by atoms with Gasteiger partial charge in [0.2, 0.25) is 0 Å². The van der Waals surface area contributed by atoms with E-state index in [2.05, 4.69) is 14.0 Å². The van der Waals surface area contributed by atoms with Crippen molar-refractivity contribution in [2.75, 3.05) is 35.8 Å². The first-order valence-electron chi connectivity index (χ1n) is 8.20. The number of pyridine rings is 2. The molecule has 8 heteroatoms. The normalized spacial score (nSPS) is 24.8. The fourth-order valence-corrected chi connectivity index (χ4v) is 3.94. The molecule has 2 unspecified atom stereocenters. The first kappa shape index (κ1) is 15.9. The zero-order valence-corrected chi connectivity index (χ0v) is 14.0. The quantitative estimate of drug-likeness (QED) is 0.821. The molecule has 0 aromatic carbocycles. The van der Waals surface area contributed by atoms with E-state index in [1.165, 1.54) is 12.1 Å². The van der Waals surface area contributed by atoms with Gasteiger partial charge in [-0.15, -0.1) is 0 Å². The van der Waals surface area contributed by atoms with Gasteiger partial charge in [0.25, 0.3) is 0 Å². The molecule has 2 aliphatic heterocycles. The molecule has 128 valence electrons. The number of hydrogen-bond donors (Lipinski definition) is 2. The number of nitrogens with zero attached hydrogens (tertiary/aromatic N) is 4. The summed E-state index contributed by atoms with van der Waals surface area (Å²) < 4.78 is 18.9. The average Bonchev–Trinajstić information content (AvgIpc) is 3.21. The Morgan fingerprint density at radius 2 is 2.12 bits per heavy atom. The molecule has 0 spiro atoms. The van der Waals surface area contributed by atoms with Gasteiger partial charge in [-0.3, -0.25) is 4.98 Å². The summed E-state index contributed by atoms with van der Waals surface area (Å²) in [7, 11) is 0. The van der Waals surface area contributed by atoms with Crippen molar-refractivity contribution < 1.29 is 9.50 Å². The second kappa shape index (κ2) is 6.70. The summed E-state index contributed by atoms with van der Waals surface area (Å²) in [5.74, 6) is 0.792. The van der Waals surface area contributed by atoms with Gasteiger partial charge in [-0.2, -0.15) is 0 Å². The van der Waals surface area contributed by atoms with Crippen LogP contribution in [0.15, 0.2) is 24.4 Å². The summed E-state index contributed by atoms with van der Waals surface area (Å²) in [5, 5.41) is 9.61. The monoisotopic (exact) mass is 349 g/mol. The third-order valence-corrected chi connectivity index (χ3v) is 5.34. The number of fused-ring (bicyclic) bond motifs is 1. The summed E-state index contributed by atoms with van der Waals surface area (Å²) >= 11 is 1.48. The van der Waals surface area contributed by atoms with Crippen molar-refractivity contribution in [3.05, 3.63) is 24.4 Å². The van der Waals surface area contributed by atoms with Gasteiger partial charge in [0.1, 0.15) is 17.5 Å². The van der Waals surface area contributed by atoms with Crippen LogP contribution in [0.4, 0.5) is 15.9 Å². The lowest BCUT2D eigenvalue weighted by molar-refractivity contribution is 0.190.